The van der Waals surface area contributed by atoms with Crippen molar-refractivity contribution < 1.29 is 17.9 Å². The topological polar surface area (TPSA) is 81.0 Å². The van der Waals surface area contributed by atoms with Crippen LogP contribution < -0.4 is 4.80 Å². The summed E-state index contributed by atoms with van der Waals surface area (Å²) in [5.41, 5.74) is 1.00. The van der Waals surface area contributed by atoms with Crippen molar-refractivity contribution in [3.05, 3.63) is 39.5 Å². The van der Waals surface area contributed by atoms with Crippen LogP contribution in [0, 0.1) is 5.92 Å². The van der Waals surface area contributed by atoms with Gasteiger partial charge in [-0.25, -0.2) is 8.42 Å². The monoisotopic (exact) mass is 545 g/mol. The molecule has 0 bridgehead atoms. The van der Waals surface area contributed by atoms with Gasteiger partial charge in [-0.3, -0.25) is 4.79 Å². The molecule has 0 radical (unpaired) electrons. The molecule has 1 unspecified atom stereocenters. The number of sulfonamides is 1. The second-order valence-electron chi connectivity index (χ2n) is 7.57. The van der Waals surface area contributed by atoms with E-state index in [9.17, 15) is 13.2 Å². The van der Waals surface area contributed by atoms with Crippen LogP contribution in [0.15, 0.2) is 44.4 Å². The van der Waals surface area contributed by atoms with Crippen molar-refractivity contribution in [2.75, 3.05) is 33.1 Å². The van der Waals surface area contributed by atoms with Gasteiger partial charge in [-0.2, -0.15) is 9.30 Å². The number of hydrogen-bond donors (Lipinski definition) is 0. The number of thiazole rings is 1. The first-order valence-corrected chi connectivity index (χ1v) is 15.0. The Kier molecular flexibility index (Phi) is 7.99. The van der Waals surface area contributed by atoms with Crippen molar-refractivity contribution in [3.63, 3.8) is 0 Å². The molecule has 33 heavy (non-hydrogen) atoms. The lowest BCUT2D eigenvalue weighted by molar-refractivity contribution is -0.122. The molecule has 1 saturated heterocycles. The Morgan fingerprint density at radius 3 is 2.82 bits per heavy atom. The molecule has 7 nitrogen and oxygen atoms in total. The van der Waals surface area contributed by atoms with Crippen molar-refractivity contribution in [2.45, 2.75) is 28.5 Å². The number of benzene rings is 1. The first kappa shape index (κ1) is 24.9. The predicted molar refractivity (Wildman–Crippen MR) is 135 cm³/mol. The fourth-order valence-corrected chi connectivity index (χ4v) is 8.55. The summed E-state index contributed by atoms with van der Waals surface area (Å²) in [6.45, 7) is 1.58. The molecule has 1 aliphatic rings. The number of nitrogens with zero attached hydrogens (tertiary/aromatic N) is 3. The van der Waals surface area contributed by atoms with Crippen LogP contribution in [0.2, 0.25) is 4.34 Å². The van der Waals surface area contributed by atoms with E-state index in [1.807, 2.05) is 16.9 Å². The molecular weight excluding hydrogens is 522 g/mol. The van der Waals surface area contributed by atoms with Gasteiger partial charge in [-0.15, -0.1) is 23.1 Å². The van der Waals surface area contributed by atoms with Crippen LogP contribution in [-0.4, -0.2) is 56.3 Å². The lowest BCUT2D eigenvalue weighted by atomic mass is 9.99. The van der Waals surface area contributed by atoms with E-state index < -0.39 is 15.9 Å². The summed E-state index contributed by atoms with van der Waals surface area (Å²) in [6, 6.07) is 9.27. The zero-order valence-corrected chi connectivity index (χ0v) is 22.2. The van der Waals surface area contributed by atoms with Gasteiger partial charge in [0.2, 0.25) is 0 Å². The molecule has 4 rings (SSSR count). The highest BCUT2D eigenvalue weighted by molar-refractivity contribution is 7.98. The van der Waals surface area contributed by atoms with Gasteiger partial charge in [-0.1, -0.05) is 22.9 Å². The molecule has 0 N–H and O–H groups in total. The number of ether oxygens (including phenoxy) is 1. The summed E-state index contributed by atoms with van der Waals surface area (Å²) in [4.78, 5) is 19.4. The van der Waals surface area contributed by atoms with Gasteiger partial charge in [-0.05, 0) is 49.4 Å². The van der Waals surface area contributed by atoms with Gasteiger partial charge >= 0.3 is 0 Å². The van der Waals surface area contributed by atoms with E-state index in [1.54, 1.807) is 24.9 Å². The second-order valence-corrected chi connectivity index (χ2v) is 13.3. The first-order chi connectivity index (χ1) is 15.8. The Hall–Kier alpha value is -1.21. The van der Waals surface area contributed by atoms with Crippen LogP contribution in [-0.2, 0) is 26.1 Å². The maximum atomic E-state index is 13.2. The molecule has 1 aromatic carbocycles. The average Bonchev–Trinajstić information content (AvgIpc) is 3.40. The third kappa shape index (κ3) is 5.39. The van der Waals surface area contributed by atoms with Crippen LogP contribution in [0.4, 0.5) is 0 Å². The maximum absolute atomic E-state index is 13.2. The molecule has 0 spiro atoms. The van der Waals surface area contributed by atoms with Crippen LogP contribution in [0.25, 0.3) is 10.2 Å². The van der Waals surface area contributed by atoms with Crippen LogP contribution in [0.5, 0.6) is 0 Å². The summed E-state index contributed by atoms with van der Waals surface area (Å²) in [5.74, 6) is -0.770. The number of carbonyl (C=O) groups excluding carboxylic acids is 1. The van der Waals surface area contributed by atoms with Crippen LogP contribution in [0.1, 0.15) is 12.8 Å². The number of amides is 1. The Labute approximate surface area is 210 Å². The number of halogens is 1. The van der Waals surface area contributed by atoms with E-state index in [1.165, 1.54) is 21.7 Å². The normalized spacial score (nSPS) is 18.3. The fraction of sp³-hybridized carbons (Fsp3) is 0.429. The van der Waals surface area contributed by atoms with Gasteiger partial charge < -0.3 is 9.30 Å². The minimum absolute atomic E-state index is 0.125. The summed E-state index contributed by atoms with van der Waals surface area (Å²) < 4.78 is 36.3. The Morgan fingerprint density at radius 2 is 2.12 bits per heavy atom. The quantitative estimate of drug-likeness (QED) is 0.413. The Morgan fingerprint density at radius 1 is 1.30 bits per heavy atom. The number of fused-ring (bicyclic) bond motifs is 1. The minimum Gasteiger partial charge on any atom is -0.383 e. The van der Waals surface area contributed by atoms with Gasteiger partial charge in [0.25, 0.3) is 15.9 Å². The molecule has 0 aliphatic carbocycles. The molecule has 1 aliphatic heterocycles. The highest BCUT2D eigenvalue weighted by Gasteiger charge is 2.34. The number of thiophene rings is 1. The summed E-state index contributed by atoms with van der Waals surface area (Å²) in [7, 11) is -2.04. The number of piperidine rings is 1. The number of methoxy groups -OCH3 is 1. The predicted octanol–water partition coefficient (Wildman–Crippen LogP) is 4.31. The standard InChI is InChI=1S/C21H24ClN3O4S4/c1-29-11-10-25-16-6-5-15(30-2)12-17(16)31-21(25)23-20(26)14-4-3-9-24(13-14)33(27,28)19-8-7-18(22)32-19/h5-8,12,14H,3-4,9-11,13H2,1-2H3. The van der Waals surface area contributed by atoms with Crippen LogP contribution >= 0.6 is 46.0 Å². The summed E-state index contributed by atoms with van der Waals surface area (Å²) in [6.07, 6.45) is 3.24. The second kappa shape index (κ2) is 10.6. The molecule has 3 heterocycles. The molecular formula is C21H24ClN3O4S4. The molecule has 2 aromatic heterocycles. The number of thioether (sulfide) groups is 1. The van der Waals surface area contributed by atoms with E-state index in [2.05, 4.69) is 17.1 Å². The largest absolute Gasteiger partial charge is 0.383 e. The third-order valence-corrected chi connectivity index (χ3v) is 10.8. The zero-order chi connectivity index (χ0) is 23.6. The van der Waals surface area contributed by atoms with E-state index in [0.717, 1.165) is 26.4 Å². The maximum Gasteiger partial charge on any atom is 0.252 e. The molecule has 12 heteroatoms. The van der Waals surface area contributed by atoms with Gasteiger partial charge in [0.15, 0.2) is 4.80 Å². The van der Waals surface area contributed by atoms with E-state index in [-0.39, 0.29) is 16.7 Å². The Bertz CT molecular complexity index is 1330. The highest BCUT2D eigenvalue weighted by atomic mass is 35.5. The smallest absolute Gasteiger partial charge is 0.252 e. The van der Waals surface area contributed by atoms with Crippen molar-refractivity contribution in [1.82, 2.24) is 8.87 Å². The molecule has 3 aromatic rings. The number of carbonyl (C=O) groups is 1. The van der Waals surface area contributed by atoms with Gasteiger partial charge in [0.1, 0.15) is 4.21 Å². The first-order valence-electron chi connectivity index (χ1n) is 10.3. The average molecular weight is 546 g/mol. The van der Waals surface area contributed by atoms with E-state index in [0.29, 0.717) is 41.7 Å². The molecule has 0 saturated carbocycles. The number of aromatic nitrogens is 1. The summed E-state index contributed by atoms with van der Waals surface area (Å²) in [5, 5.41) is 0. The number of hydrogen-bond acceptors (Lipinski definition) is 7. The highest BCUT2D eigenvalue weighted by Crippen LogP contribution is 2.31. The Balaban J connectivity index is 1.63. The summed E-state index contributed by atoms with van der Waals surface area (Å²) >= 11 is 10.1. The number of rotatable bonds is 7. The SMILES string of the molecule is COCCn1c(=NC(=O)C2CCCN(S(=O)(=O)c3ccc(Cl)s3)C2)sc2cc(SC)ccc21. The van der Waals surface area contributed by atoms with E-state index >= 15 is 0 Å². The molecule has 1 amide bonds. The van der Waals surface area contributed by atoms with Gasteiger partial charge in [0, 0.05) is 31.6 Å². The van der Waals surface area contributed by atoms with Crippen molar-refractivity contribution in [3.8, 4) is 0 Å². The van der Waals surface area contributed by atoms with Crippen molar-refractivity contribution in [1.29, 1.82) is 0 Å². The van der Waals surface area contributed by atoms with E-state index in [4.69, 9.17) is 16.3 Å². The molecule has 1 atom stereocenters. The lowest BCUT2D eigenvalue weighted by Crippen LogP contribution is -2.42. The fourth-order valence-electron chi connectivity index (χ4n) is 3.78. The minimum atomic E-state index is -3.68. The lowest BCUT2D eigenvalue weighted by Gasteiger charge is -2.29. The third-order valence-electron chi connectivity index (χ3n) is 5.49. The molecule has 178 valence electrons. The van der Waals surface area contributed by atoms with Crippen LogP contribution in [0.3, 0.4) is 0 Å². The van der Waals surface area contributed by atoms with Crippen molar-refractivity contribution in [2.24, 2.45) is 10.9 Å². The molecule has 1 fully saturated rings. The zero-order valence-electron chi connectivity index (χ0n) is 18.2. The van der Waals surface area contributed by atoms with Gasteiger partial charge in [0.05, 0.1) is 27.1 Å². The van der Waals surface area contributed by atoms with Crippen molar-refractivity contribution >= 4 is 72.2 Å².